The van der Waals surface area contributed by atoms with Crippen LogP contribution >= 0.6 is 15.9 Å². The lowest BCUT2D eigenvalue weighted by Gasteiger charge is -2.13. The van der Waals surface area contributed by atoms with E-state index in [1.54, 1.807) is 0 Å². The Kier molecular flexibility index (Phi) is 5.52. The number of ether oxygens (including phenoxy) is 1. The number of sulfonamides is 1. The van der Waals surface area contributed by atoms with Gasteiger partial charge in [-0.2, -0.15) is 0 Å². The molecule has 0 heterocycles. The summed E-state index contributed by atoms with van der Waals surface area (Å²) >= 11 is 3.00. The van der Waals surface area contributed by atoms with Crippen molar-refractivity contribution in [3.63, 3.8) is 0 Å². The quantitative estimate of drug-likeness (QED) is 0.620. The lowest BCUT2D eigenvalue weighted by atomic mass is 10.2. The van der Waals surface area contributed by atoms with Crippen molar-refractivity contribution in [1.29, 1.82) is 0 Å². The molecule has 0 aliphatic heterocycles. The van der Waals surface area contributed by atoms with E-state index in [1.807, 2.05) is 4.72 Å². The smallest absolute Gasteiger partial charge is 0.339 e. The van der Waals surface area contributed by atoms with Crippen LogP contribution in [0.5, 0.6) is 5.75 Å². The van der Waals surface area contributed by atoms with Crippen LogP contribution in [0.25, 0.3) is 0 Å². The largest absolute Gasteiger partial charge is 0.496 e. The van der Waals surface area contributed by atoms with Crippen molar-refractivity contribution in [2.45, 2.75) is 4.90 Å². The SMILES string of the molecule is COc1cc(Br)c(S(=O)(=O)Nc2cc(C(=O)O)ccc2F)cc1C(=O)O. The van der Waals surface area contributed by atoms with Crippen LogP contribution in [0, 0.1) is 5.82 Å². The second kappa shape index (κ2) is 7.30. The average molecular weight is 448 g/mol. The minimum absolute atomic E-state index is 0.0263. The third-order valence-electron chi connectivity index (χ3n) is 3.23. The van der Waals surface area contributed by atoms with E-state index in [2.05, 4.69) is 15.9 Å². The van der Waals surface area contributed by atoms with E-state index in [-0.39, 0.29) is 15.8 Å². The molecule has 2 aromatic carbocycles. The molecule has 0 amide bonds. The van der Waals surface area contributed by atoms with Crippen LogP contribution in [0.15, 0.2) is 39.7 Å². The van der Waals surface area contributed by atoms with Crippen LogP contribution in [0.3, 0.4) is 0 Å². The Balaban J connectivity index is 2.55. The number of methoxy groups -OCH3 is 1. The molecule has 0 saturated carbocycles. The standard InChI is InChI=1S/C15H11BrFNO7S/c1-25-12-6-9(16)13(5-8(12)15(21)22)26(23,24)18-11-4-7(14(19)20)2-3-10(11)17/h2-6,18H,1H3,(H,19,20)(H,21,22). The van der Waals surface area contributed by atoms with Crippen LogP contribution in [0.4, 0.5) is 10.1 Å². The normalized spacial score (nSPS) is 11.0. The monoisotopic (exact) mass is 447 g/mol. The lowest BCUT2D eigenvalue weighted by Crippen LogP contribution is -2.16. The Morgan fingerprint density at radius 1 is 1.15 bits per heavy atom. The van der Waals surface area contributed by atoms with Crippen LogP contribution in [0.1, 0.15) is 20.7 Å². The molecule has 26 heavy (non-hydrogen) atoms. The Bertz CT molecular complexity index is 1010. The van der Waals surface area contributed by atoms with Gasteiger partial charge in [0.05, 0.1) is 18.4 Å². The van der Waals surface area contributed by atoms with Crippen LogP contribution in [-0.4, -0.2) is 37.7 Å². The van der Waals surface area contributed by atoms with Gasteiger partial charge in [-0.05, 0) is 46.3 Å². The molecule has 0 fully saturated rings. The van der Waals surface area contributed by atoms with Crippen molar-refractivity contribution in [3.8, 4) is 5.75 Å². The molecular weight excluding hydrogens is 437 g/mol. The Labute approximate surface area is 155 Å². The molecule has 3 N–H and O–H groups in total. The number of carboxylic acids is 2. The summed E-state index contributed by atoms with van der Waals surface area (Å²) in [6.45, 7) is 0. The van der Waals surface area contributed by atoms with E-state index in [0.717, 1.165) is 30.3 Å². The molecule has 138 valence electrons. The fourth-order valence-electron chi connectivity index (χ4n) is 2.01. The van der Waals surface area contributed by atoms with Gasteiger partial charge in [-0.25, -0.2) is 22.4 Å². The molecule has 0 bridgehead atoms. The third-order valence-corrected chi connectivity index (χ3v) is 5.56. The van der Waals surface area contributed by atoms with Gasteiger partial charge < -0.3 is 14.9 Å². The molecule has 11 heteroatoms. The van der Waals surface area contributed by atoms with E-state index in [0.29, 0.717) is 0 Å². The predicted molar refractivity (Wildman–Crippen MR) is 91.8 cm³/mol. The first kappa shape index (κ1) is 19.7. The van der Waals surface area contributed by atoms with Gasteiger partial charge in [-0.15, -0.1) is 0 Å². The number of carbonyl (C=O) groups is 2. The molecule has 0 spiro atoms. The zero-order valence-corrected chi connectivity index (χ0v) is 15.4. The number of aromatic carboxylic acids is 2. The van der Waals surface area contributed by atoms with Crippen molar-refractivity contribution < 1.29 is 37.3 Å². The molecule has 0 saturated heterocycles. The summed E-state index contributed by atoms with van der Waals surface area (Å²) in [5.41, 5.74) is -1.34. The van der Waals surface area contributed by atoms with Gasteiger partial charge in [-0.1, -0.05) is 0 Å². The van der Waals surface area contributed by atoms with Crippen molar-refractivity contribution in [2.24, 2.45) is 0 Å². The molecule has 0 aromatic heterocycles. The number of hydrogen-bond acceptors (Lipinski definition) is 5. The van der Waals surface area contributed by atoms with Gasteiger partial charge in [0.1, 0.15) is 22.0 Å². The zero-order valence-electron chi connectivity index (χ0n) is 13.0. The highest BCUT2D eigenvalue weighted by molar-refractivity contribution is 9.10. The van der Waals surface area contributed by atoms with Crippen molar-refractivity contribution in [2.75, 3.05) is 11.8 Å². The van der Waals surface area contributed by atoms with E-state index in [1.165, 1.54) is 7.11 Å². The number of carboxylic acid groups (broad SMARTS) is 2. The highest BCUT2D eigenvalue weighted by Gasteiger charge is 2.24. The molecule has 0 unspecified atom stereocenters. The molecule has 0 aliphatic carbocycles. The van der Waals surface area contributed by atoms with Crippen LogP contribution in [0.2, 0.25) is 0 Å². The maximum Gasteiger partial charge on any atom is 0.339 e. The lowest BCUT2D eigenvalue weighted by molar-refractivity contribution is 0.0683. The molecule has 8 nitrogen and oxygen atoms in total. The number of nitrogens with one attached hydrogen (secondary N) is 1. The van der Waals surface area contributed by atoms with Crippen LogP contribution in [-0.2, 0) is 10.0 Å². The topological polar surface area (TPSA) is 130 Å². The maximum absolute atomic E-state index is 13.9. The summed E-state index contributed by atoms with van der Waals surface area (Å²) in [5, 5.41) is 18.1. The minimum Gasteiger partial charge on any atom is -0.496 e. The summed E-state index contributed by atoms with van der Waals surface area (Å²) in [6.07, 6.45) is 0. The van der Waals surface area contributed by atoms with Crippen molar-refractivity contribution in [1.82, 2.24) is 0 Å². The van der Waals surface area contributed by atoms with Gasteiger partial charge in [-0.3, -0.25) is 4.72 Å². The summed E-state index contributed by atoms with van der Waals surface area (Å²) < 4.78 is 45.7. The van der Waals surface area contributed by atoms with Gasteiger partial charge in [0.15, 0.2) is 0 Å². The van der Waals surface area contributed by atoms with Gasteiger partial charge >= 0.3 is 11.9 Å². The Morgan fingerprint density at radius 2 is 1.81 bits per heavy atom. The fourth-order valence-corrected chi connectivity index (χ4v) is 4.12. The van der Waals surface area contributed by atoms with E-state index >= 15 is 0 Å². The predicted octanol–water partition coefficient (Wildman–Crippen LogP) is 2.79. The number of hydrogen-bond donors (Lipinski definition) is 3. The number of halogens is 2. The fraction of sp³-hybridized carbons (Fsp3) is 0.0667. The summed E-state index contributed by atoms with van der Waals surface area (Å²) in [7, 11) is -3.22. The number of anilines is 1. The first-order valence-electron chi connectivity index (χ1n) is 6.73. The van der Waals surface area contributed by atoms with Gasteiger partial charge in [0.2, 0.25) is 0 Å². The molecule has 2 rings (SSSR count). The highest BCUT2D eigenvalue weighted by Crippen LogP contribution is 2.32. The van der Waals surface area contributed by atoms with Crippen molar-refractivity contribution >= 4 is 43.6 Å². The van der Waals surface area contributed by atoms with E-state index in [4.69, 9.17) is 9.84 Å². The maximum atomic E-state index is 13.9. The van der Waals surface area contributed by atoms with Gasteiger partial charge in [0, 0.05) is 4.47 Å². The Morgan fingerprint density at radius 3 is 2.35 bits per heavy atom. The first-order chi connectivity index (χ1) is 12.1. The highest BCUT2D eigenvalue weighted by atomic mass is 79.9. The van der Waals surface area contributed by atoms with Crippen molar-refractivity contribution in [3.05, 3.63) is 51.7 Å². The first-order valence-corrected chi connectivity index (χ1v) is 9.01. The number of benzene rings is 2. The average Bonchev–Trinajstić information content (AvgIpc) is 2.55. The second-order valence-electron chi connectivity index (χ2n) is 4.89. The third kappa shape index (κ3) is 3.94. The zero-order chi connectivity index (χ0) is 19.6. The molecule has 0 atom stereocenters. The Hall–Kier alpha value is -2.66. The molecule has 2 aromatic rings. The summed E-state index contributed by atoms with van der Waals surface area (Å²) in [4.78, 5) is 21.7. The summed E-state index contributed by atoms with van der Waals surface area (Å²) in [5.74, 6) is -3.88. The summed E-state index contributed by atoms with van der Waals surface area (Å²) in [6, 6.07) is 4.56. The van der Waals surface area contributed by atoms with Crippen LogP contribution < -0.4 is 9.46 Å². The minimum atomic E-state index is -4.44. The molecule has 0 aliphatic rings. The molecule has 0 radical (unpaired) electrons. The second-order valence-corrected chi connectivity index (χ2v) is 7.40. The molecular formula is C15H11BrFNO7S. The van der Waals surface area contributed by atoms with E-state index in [9.17, 15) is 27.5 Å². The van der Waals surface area contributed by atoms with Gasteiger partial charge in [0.25, 0.3) is 10.0 Å². The number of rotatable bonds is 6. The van der Waals surface area contributed by atoms with E-state index < -0.39 is 43.9 Å².